The molecule has 0 saturated carbocycles. The van der Waals surface area contributed by atoms with Crippen LogP contribution in [-0.4, -0.2) is 30.0 Å². The summed E-state index contributed by atoms with van der Waals surface area (Å²) in [5.41, 5.74) is 0. The molecule has 4 nitrogen and oxygen atoms in total. The number of benzene rings is 2. The maximum Gasteiger partial charge on any atom is 0.293 e. The lowest BCUT2D eigenvalue weighted by Gasteiger charge is -2.24. The fraction of sp³-hybridized carbons (Fsp3) is 0.333. The maximum absolute atomic E-state index is 10.5. The highest BCUT2D eigenvalue weighted by Crippen LogP contribution is 2.41. The van der Waals surface area contributed by atoms with Crippen molar-refractivity contribution in [2.24, 2.45) is 0 Å². The highest BCUT2D eigenvalue weighted by atomic mass is 31.2. The van der Waals surface area contributed by atoms with E-state index in [1.54, 1.807) is 0 Å². The topological polar surface area (TPSA) is 50.7 Å². The van der Waals surface area contributed by atoms with Crippen LogP contribution in [0.25, 0.3) is 0 Å². The van der Waals surface area contributed by atoms with Gasteiger partial charge in [-0.05, 0) is 43.7 Å². The van der Waals surface area contributed by atoms with Gasteiger partial charge in [-0.25, -0.2) is 0 Å². The number of aliphatic hydroxyl groups excluding tert-OH is 1. The van der Waals surface area contributed by atoms with Crippen molar-refractivity contribution >= 4 is 8.38 Å². The first-order valence-corrected chi connectivity index (χ1v) is 9.32. The quantitative estimate of drug-likeness (QED) is 0.762. The fourth-order valence-corrected chi connectivity index (χ4v) is 4.07. The minimum atomic E-state index is -1.26. The minimum Gasteiger partial charge on any atom is -0.439 e. The third kappa shape index (κ3) is 4.93. The molecule has 3 rings (SSSR count). The summed E-state index contributed by atoms with van der Waals surface area (Å²) in [5.74, 6) is 1.53. The minimum absolute atomic E-state index is 0.138. The van der Waals surface area contributed by atoms with Crippen LogP contribution >= 0.6 is 8.38 Å². The van der Waals surface area contributed by atoms with E-state index >= 15 is 0 Å². The van der Waals surface area contributed by atoms with Gasteiger partial charge in [0.15, 0.2) is 0 Å². The van der Waals surface area contributed by atoms with Crippen LogP contribution in [0.15, 0.2) is 60.7 Å². The average molecular weight is 331 g/mol. The Morgan fingerprint density at radius 1 is 1.00 bits per heavy atom. The van der Waals surface area contributed by atoms with Crippen LogP contribution in [0.1, 0.15) is 12.8 Å². The summed E-state index contributed by atoms with van der Waals surface area (Å²) >= 11 is 0. The first kappa shape index (κ1) is 16.3. The van der Waals surface area contributed by atoms with Crippen LogP contribution in [0.5, 0.6) is 11.5 Å². The zero-order valence-corrected chi connectivity index (χ0v) is 13.9. The molecule has 0 spiro atoms. The van der Waals surface area contributed by atoms with Crippen LogP contribution in [0.4, 0.5) is 0 Å². The standard InChI is InChI=1S/C18H22NO3P/c20-18(17-12-7-13-19-17)14-23(21-15-8-3-1-4-9-15)22-16-10-5-2-6-11-16/h1-6,8-11,17-20H,7,12-14H2. The predicted octanol–water partition coefficient (Wildman–Crippen LogP) is 3.57. The Bertz CT molecular complexity index is 534. The number of nitrogens with one attached hydrogen (secondary N) is 1. The summed E-state index contributed by atoms with van der Waals surface area (Å²) in [6.45, 7) is 0.971. The van der Waals surface area contributed by atoms with E-state index in [0.717, 1.165) is 30.9 Å². The number of aliphatic hydroxyl groups is 1. The van der Waals surface area contributed by atoms with E-state index in [1.165, 1.54) is 0 Å². The molecule has 1 fully saturated rings. The number of para-hydroxylation sites is 2. The van der Waals surface area contributed by atoms with Crippen molar-refractivity contribution < 1.29 is 14.2 Å². The lowest BCUT2D eigenvalue weighted by atomic mass is 10.1. The third-order valence-electron chi connectivity index (χ3n) is 3.80. The van der Waals surface area contributed by atoms with Crippen molar-refractivity contribution in [3.63, 3.8) is 0 Å². The molecule has 122 valence electrons. The van der Waals surface area contributed by atoms with Crippen LogP contribution in [0.2, 0.25) is 0 Å². The largest absolute Gasteiger partial charge is 0.439 e. The van der Waals surface area contributed by atoms with Gasteiger partial charge in [-0.2, -0.15) is 0 Å². The molecule has 2 N–H and O–H groups in total. The van der Waals surface area contributed by atoms with Crippen LogP contribution in [-0.2, 0) is 0 Å². The molecular weight excluding hydrogens is 309 g/mol. The van der Waals surface area contributed by atoms with Gasteiger partial charge in [0.1, 0.15) is 11.5 Å². The SMILES string of the molecule is OC(CP(Oc1ccccc1)Oc1ccccc1)C1CCCN1. The van der Waals surface area contributed by atoms with Crippen molar-refractivity contribution in [2.75, 3.05) is 12.7 Å². The second kappa shape index (κ2) is 8.30. The first-order chi connectivity index (χ1) is 11.3. The lowest BCUT2D eigenvalue weighted by Crippen LogP contribution is -2.37. The molecule has 2 atom stereocenters. The number of rotatable bonds is 7. The van der Waals surface area contributed by atoms with Crippen molar-refractivity contribution in [1.82, 2.24) is 5.32 Å². The first-order valence-electron chi connectivity index (χ1n) is 7.96. The molecular formula is C18H22NO3P. The molecule has 0 bridgehead atoms. The van der Waals surface area contributed by atoms with Gasteiger partial charge in [0.05, 0.1) is 12.3 Å². The molecule has 2 aromatic rings. The Kier molecular flexibility index (Phi) is 5.87. The van der Waals surface area contributed by atoms with Gasteiger partial charge >= 0.3 is 0 Å². The smallest absolute Gasteiger partial charge is 0.293 e. The molecule has 1 aliphatic rings. The fourth-order valence-electron chi connectivity index (χ4n) is 2.61. The van der Waals surface area contributed by atoms with Crippen molar-refractivity contribution in [3.8, 4) is 11.5 Å². The second-order valence-electron chi connectivity index (χ2n) is 5.59. The summed E-state index contributed by atoms with van der Waals surface area (Å²) in [4.78, 5) is 0. The maximum atomic E-state index is 10.5. The number of hydrogen-bond acceptors (Lipinski definition) is 4. The molecule has 1 heterocycles. The van der Waals surface area contributed by atoms with E-state index in [1.807, 2.05) is 60.7 Å². The van der Waals surface area contributed by atoms with E-state index in [-0.39, 0.29) is 6.04 Å². The average Bonchev–Trinajstić information content (AvgIpc) is 3.11. The van der Waals surface area contributed by atoms with E-state index < -0.39 is 14.5 Å². The lowest BCUT2D eigenvalue weighted by molar-refractivity contribution is 0.154. The Hall–Kier alpha value is -1.61. The van der Waals surface area contributed by atoms with Gasteiger partial charge in [-0.15, -0.1) is 0 Å². The van der Waals surface area contributed by atoms with Gasteiger partial charge < -0.3 is 19.5 Å². The van der Waals surface area contributed by atoms with E-state index in [4.69, 9.17) is 9.05 Å². The highest BCUT2D eigenvalue weighted by molar-refractivity contribution is 7.48. The Morgan fingerprint density at radius 2 is 1.57 bits per heavy atom. The molecule has 0 aromatic heterocycles. The highest BCUT2D eigenvalue weighted by Gasteiger charge is 2.28. The molecule has 0 aliphatic carbocycles. The van der Waals surface area contributed by atoms with Crippen molar-refractivity contribution in [3.05, 3.63) is 60.7 Å². The molecule has 1 saturated heterocycles. The van der Waals surface area contributed by atoms with E-state index in [2.05, 4.69) is 5.32 Å². The van der Waals surface area contributed by atoms with Crippen molar-refractivity contribution in [2.45, 2.75) is 25.0 Å². The van der Waals surface area contributed by atoms with Crippen molar-refractivity contribution in [1.29, 1.82) is 0 Å². The van der Waals surface area contributed by atoms with Crippen LogP contribution in [0.3, 0.4) is 0 Å². The van der Waals surface area contributed by atoms with Crippen LogP contribution in [0, 0.1) is 0 Å². The van der Waals surface area contributed by atoms with Gasteiger partial charge in [0.2, 0.25) is 0 Å². The van der Waals surface area contributed by atoms with Crippen LogP contribution < -0.4 is 14.4 Å². The molecule has 1 aliphatic heterocycles. The molecule has 0 radical (unpaired) electrons. The summed E-state index contributed by atoms with van der Waals surface area (Å²) < 4.78 is 12.0. The third-order valence-corrected chi connectivity index (χ3v) is 5.30. The summed E-state index contributed by atoms with van der Waals surface area (Å²) in [6.07, 6.45) is 2.13. The molecule has 23 heavy (non-hydrogen) atoms. The monoisotopic (exact) mass is 331 g/mol. The summed E-state index contributed by atoms with van der Waals surface area (Å²) in [5, 5.41) is 13.8. The molecule has 5 heteroatoms. The van der Waals surface area contributed by atoms with Gasteiger partial charge in [0, 0.05) is 6.04 Å². The predicted molar refractivity (Wildman–Crippen MR) is 93.0 cm³/mol. The Morgan fingerprint density at radius 3 is 2.04 bits per heavy atom. The Labute approximate surface area is 138 Å². The number of hydrogen-bond donors (Lipinski definition) is 2. The van der Waals surface area contributed by atoms with Gasteiger partial charge in [0.25, 0.3) is 8.38 Å². The Balaban J connectivity index is 1.67. The normalized spacial score (nSPS) is 18.8. The zero-order valence-electron chi connectivity index (χ0n) is 13.0. The molecule has 2 aromatic carbocycles. The van der Waals surface area contributed by atoms with Gasteiger partial charge in [-0.1, -0.05) is 36.4 Å². The van der Waals surface area contributed by atoms with Gasteiger partial charge in [-0.3, -0.25) is 0 Å². The van der Waals surface area contributed by atoms with E-state index in [9.17, 15) is 5.11 Å². The molecule has 0 amide bonds. The second-order valence-corrected chi connectivity index (χ2v) is 6.99. The molecule has 2 unspecified atom stereocenters. The zero-order chi connectivity index (χ0) is 15.9. The van der Waals surface area contributed by atoms with E-state index in [0.29, 0.717) is 6.16 Å². The summed E-state index contributed by atoms with van der Waals surface area (Å²) in [7, 11) is -1.26. The summed E-state index contributed by atoms with van der Waals surface area (Å²) in [6, 6.07) is 19.4.